The molecule has 1 aromatic carbocycles. The summed E-state index contributed by atoms with van der Waals surface area (Å²) in [5.74, 6) is 2.79. The molecule has 2 saturated carbocycles. The molecule has 0 aromatic heterocycles. The van der Waals surface area contributed by atoms with Gasteiger partial charge in [0.25, 0.3) is 0 Å². The lowest BCUT2D eigenvalue weighted by atomic mass is 9.76. The molecule has 2 aliphatic rings. The summed E-state index contributed by atoms with van der Waals surface area (Å²) in [6, 6.07) is 9.34. The molecule has 1 aromatic rings. The van der Waals surface area contributed by atoms with Crippen LogP contribution in [0.2, 0.25) is 0 Å². The van der Waals surface area contributed by atoms with E-state index in [0.29, 0.717) is 0 Å². The van der Waals surface area contributed by atoms with E-state index in [1.807, 2.05) is 0 Å². The Morgan fingerprint density at radius 1 is 1.16 bits per heavy atom. The van der Waals surface area contributed by atoms with Crippen molar-refractivity contribution in [3.8, 4) is 5.75 Å². The van der Waals surface area contributed by atoms with Gasteiger partial charge in [-0.15, -0.1) is 0 Å². The van der Waals surface area contributed by atoms with E-state index < -0.39 is 0 Å². The first-order valence-corrected chi connectivity index (χ1v) is 7.72. The van der Waals surface area contributed by atoms with Crippen LogP contribution in [0.4, 0.5) is 0 Å². The number of ether oxygens (including phenoxy) is 1. The van der Waals surface area contributed by atoms with Crippen LogP contribution in [0, 0.1) is 5.92 Å². The SMILES string of the molecule is COc1ccc(C2CC(NCCCC3CC3)C2)cc1. The van der Waals surface area contributed by atoms with Gasteiger partial charge in [-0.1, -0.05) is 25.0 Å². The van der Waals surface area contributed by atoms with Crippen LogP contribution in [-0.4, -0.2) is 19.7 Å². The standard InChI is InChI=1S/C17H25NO/c1-19-17-8-6-14(7-9-17)15-11-16(12-15)18-10-2-3-13-4-5-13/h6-9,13,15-16,18H,2-5,10-12H2,1H3. The number of hydrogen-bond donors (Lipinski definition) is 1. The van der Waals surface area contributed by atoms with Gasteiger partial charge in [-0.05, 0) is 61.8 Å². The van der Waals surface area contributed by atoms with E-state index in [2.05, 4.69) is 29.6 Å². The molecule has 3 rings (SSSR count). The lowest BCUT2D eigenvalue weighted by Crippen LogP contribution is -2.40. The molecule has 0 aliphatic heterocycles. The number of benzene rings is 1. The van der Waals surface area contributed by atoms with Crippen LogP contribution in [0.15, 0.2) is 24.3 Å². The van der Waals surface area contributed by atoms with E-state index in [1.54, 1.807) is 7.11 Å². The molecule has 0 amide bonds. The molecule has 0 bridgehead atoms. The maximum atomic E-state index is 5.20. The van der Waals surface area contributed by atoms with Gasteiger partial charge in [0.2, 0.25) is 0 Å². The summed E-state index contributed by atoms with van der Waals surface area (Å²) in [5.41, 5.74) is 1.47. The first kappa shape index (κ1) is 13.0. The highest BCUT2D eigenvalue weighted by Crippen LogP contribution is 2.37. The summed E-state index contributed by atoms with van der Waals surface area (Å²) >= 11 is 0. The normalized spacial score (nSPS) is 25.9. The fourth-order valence-corrected chi connectivity index (χ4v) is 3.04. The van der Waals surface area contributed by atoms with Crippen molar-refractivity contribution < 1.29 is 4.74 Å². The van der Waals surface area contributed by atoms with E-state index in [1.165, 1.54) is 50.6 Å². The van der Waals surface area contributed by atoms with Crippen LogP contribution < -0.4 is 10.1 Å². The molecule has 19 heavy (non-hydrogen) atoms. The Morgan fingerprint density at radius 3 is 2.53 bits per heavy atom. The molecular weight excluding hydrogens is 234 g/mol. The van der Waals surface area contributed by atoms with Crippen molar-refractivity contribution in [2.45, 2.75) is 50.5 Å². The molecule has 0 radical (unpaired) electrons. The molecule has 2 nitrogen and oxygen atoms in total. The largest absolute Gasteiger partial charge is 0.497 e. The zero-order valence-electron chi connectivity index (χ0n) is 11.9. The van der Waals surface area contributed by atoms with Gasteiger partial charge in [0.15, 0.2) is 0 Å². The van der Waals surface area contributed by atoms with Gasteiger partial charge in [0.1, 0.15) is 5.75 Å². The number of rotatable bonds is 7. The molecule has 2 fully saturated rings. The summed E-state index contributed by atoms with van der Waals surface area (Å²) in [7, 11) is 1.72. The number of nitrogens with one attached hydrogen (secondary N) is 1. The van der Waals surface area contributed by atoms with E-state index in [4.69, 9.17) is 4.74 Å². The average Bonchev–Trinajstić information content (AvgIpc) is 3.21. The predicted molar refractivity (Wildman–Crippen MR) is 78.7 cm³/mol. The number of hydrogen-bond acceptors (Lipinski definition) is 2. The molecule has 0 unspecified atom stereocenters. The van der Waals surface area contributed by atoms with Crippen LogP contribution in [0.5, 0.6) is 5.75 Å². The summed E-state index contributed by atoms with van der Waals surface area (Å²) in [5, 5.41) is 3.70. The maximum absolute atomic E-state index is 5.20. The van der Waals surface area contributed by atoms with Crippen molar-refractivity contribution in [2.24, 2.45) is 5.92 Å². The summed E-state index contributed by atoms with van der Waals surface area (Å²) < 4.78 is 5.20. The molecule has 2 heteroatoms. The Bertz CT molecular complexity index is 390. The third kappa shape index (κ3) is 3.50. The Balaban J connectivity index is 1.34. The molecule has 0 atom stereocenters. The first-order valence-electron chi connectivity index (χ1n) is 7.72. The topological polar surface area (TPSA) is 21.3 Å². The first-order chi connectivity index (χ1) is 9.35. The Labute approximate surface area is 116 Å². The zero-order chi connectivity index (χ0) is 13.1. The van der Waals surface area contributed by atoms with Gasteiger partial charge >= 0.3 is 0 Å². The quantitative estimate of drug-likeness (QED) is 0.754. The Kier molecular flexibility index (Phi) is 4.07. The Morgan fingerprint density at radius 2 is 1.89 bits per heavy atom. The van der Waals surface area contributed by atoms with Crippen molar-refractivity contribution in [1.29, 1.82) is 0 Å². The maximum Gasteiger partial charge on any atom is 0.118 e. The highest BCUT2D eigenvalue weighted by molar-refractivity contribution is 5.30. The van der Waals surface area contributed by atoms with E-state index in [0.717, 1.165) is 23.6 Å². The second-order valence-corrected chi connectivity index (χ2v) is 6.18. The molecule has 104 valence electrons. The van der Waals surface area contributed by atoms with Gasteiger partial charge in [0, 0.05) is 6.04 Å². The van der Waals surface area contributed by atoms with Crippen LogP contribution in [0.1, 0.15) is 50.0 Å². The monoisotopic (exact) mass is 259 g/mol. The lowest BCUT2D eigenvalue weighted by Gasteiger charge is -2.36. The van der Waals surface area contributed by atoms with Gasteiger partial charge in [-0.3, -0.25) is 0 Å². The van der Waals surface area contributed by atoms with Crippen LogP contribution in [0.3, 0.4) is 0 Å². The second kappa shape index (κ2) is 5.96. The Hall–Kier alpha value is -1.02. The molecule has 0 saturated heterocycles. The van der Waals surface area contributed by atoms with E-state index in [-0.39, 0.29) is 0 Å². The molecule has 0 spiro atoms. The van der Waals surface area contributed by atoms with Crippen molar-refractivity contribution >= 4 is 0 Å². The fourth-order valence-electron chi connectivity index (χ4n) is 3.04. The van der Waals surface area contributed by atoms with E-state index >= 15 is 0 Å². The second-order valence-electron chi connectivity index (χ2n) is 6.18. The van der Waals surface area contributed by atoms with Gasteiger partial charge in [-0.25, -0.2) is 0 Å². The highest BCUT2D eigenvalue weighted by atomic mass is 16.5. The minimum absolute atomic E-state index is 0.756. The highest BCUT2D eigenvalue weighted by Gasteiger charge is 2.29. The number of methoxy groups -OCH3 is 1. The minimum atomic E-state index is 0.756. The smallest absolute Gasteiger partial charge is 0.118 e. The van der Waals surface area contributed by atoms with Crippen LogP contribution >= 0.6 is 0 Å². The fraction of sp³-hybridized carbons (Fsp3) is 0.647. The van der Waals surface area contributed by atoms with Crippen molar-refractivity contribution in [3.63, 3.8) is 0 Å². The van der Waals surface area contributed by atoms with Crippen molar-refractivity contribution in [2.75, 3.05) is 13.7 Å². The van der Waals surface area contributed by atoms with Crippen molar-refractivity contribution in [3.05, 3.63) is 29.8 Å². The minimum Gasteiger partial charge on any atom is -0.497 e. The summed E-state index contributed by atoms with van der Waals surface area (Å²) in [4.78, 5) is 0. The summed E-state index contributed by atoms with van der Waals surface area (Å²) in [6.07, 6.45) is 8.40. The van der Waals surface area contributed by atoms with E-state index in [9.17, 15) is 0 Å². The molecule has 0 heterocycles. The van der Waals surface area contributed by atoms with Gasteiger partial charge in [-0.2, -0.15) is 0 Å². The third-order valence-electron chi connectivity index (χ3n) is 4.64. The summed E-state index contributed by atoms with van der Waals surface area (Å²) in [6.45, 7) is 1.22. The van der Waals surface area contributed by atoms with Gasteiger partial charge < -0.3 is 10.1 Å². The predicted octanol–water partition coefficient (Wildman–Crippen LogP) is 3.72. The van der Waals surface area contributed by atoms with Crippen LogP contribution in [0.25, 0.3) is 0 Å². The van der Waals surface area contributed by atoms with Crippen molar-refractivity contribution in [1.82, 2.24) is 5.32 Å². The third-order valence-corrected chi connectivity index (χ3v) is 4.64. The molecule has 1 N–H and O–H groups in total. The average molecular weight is 259 g/mol. The molecule has 2 aliphatic carbocycles. The van der Waals surface area contributed by atoms with Gasteiger partial charge in [0.05, 0.1) is 7.11 Å². The lowest BCUT2D eigenvalue weighted by molar-refractivity contribution is 0.289. The van der Waals surface area contributed by atoms with Crippen LogP contribution in [-0.2, 0) is 0 Å². The zero-order valence-corrected chi connectivity index (χ0v) is 11.9. The molecular formula is C17H25NO.